The van der Waals surface area contributed by atoms with E-state index < -0.39 is 74.8 Å². The molecule has 0 bridgehead atoms. The van der Waals surface area contributed by atoms with Gasteiger partial charge in [0.2, 0.25) is 0 Å². The maximum Gasteiger partial charge on any atom is 0.346 e. The van der Waals surface area contributed by atoms with Crippen LogP contribution >= 0.6 is 0 Å². The topological polar surface area (TPSA) is 26.3 Å². The van der Waals surface area contributed by atoms with Gasteiger partial charge in [0.15, 0.2) is 11.6 Å². The number of esters is 1. The zero-order valence-corrected chi connectivity index (χ0v) is 19.8. The molecule has 2 aromatic rings. The third-order valence-electron chi connectivity index (χ3n) is 6.62. The Morgan fingerprint density at radius 1 is 1.11 bits per heavy atom. The van der Waals surface area contributed by atoms with Gasteiger partial charge in [-0.1, -0.05) is 37.6 Å². The first kappa shape index (κ1) is 26.7. The Bertz CT molecular complexity index is 1320. The average Bonchev–Trinajstić information content (AvgIpc) is 2.84. The predicted molar refractivity (Wildman–Crippen MR) is 124 cm³/mol. The van der Waals surface area contributed by atoms with Crippen LogP contribution in [-0.4, -0.2) is 11.9 Å². The van der Waals surface area contributed by atoms with Gasteiger partial charge in [-0.3, -0.25) is 0 Å². The van der Waals surface area contributed by atoms with Crippen molar-refractivity contribution in [2.24, 2.45) is 5.92 Å². The smallest absolute Gasteiger partial charge is 0.346 e. The standard InChI is InChI=1S/C28H23F7O2/c1-3-5-7-15-8-13-21(20(29)14-15)37-26(36)19-12-11-18-17-10-9-16(6-4-2)24(30)22(17)27(32,33)28(34,35)23(18)25(19)31/h3,8,10-14,16H,1,4-7,9H2,2H3. The molecular weight excluding hydrogens is 501 g/mol. The number of alkyl halides is 4. The Morgan fingerprint density at radius 2 is 1.84 bits per heavy atom. The molecule has 1 unspecified atom stereocenters. The fourth-order valence-electron chi connectivity index (χ4n) is 4.74. The summed E-state index contributed by atoms with van der Waals surface area (Å²) < 4.78 is 110. The van der Waals surface area contributed by atoms with E-state index in [1.807, 2.05) is 0 Å². The largest absolute Gasteiger partial charge is 0.420 e. The van der Waals surface area contributed by atoms with Crippen molar-refractivity contribution in [1.82, 2.24) is 0 Å². The van der Waals surface area contributed by atoms with E-state index in [1.54, 1.807) is 13.0 Å². The Hall–Kier alpha value is -3.36. The van der Waals surface area contributed by atoms with E-state index in [0.717, 1.165) is 24.3 Å². The number of allylic oxidation sites excluding steroid dienone is 5. The van der Waals surface area contributed by atoms with Crippen molar-refractivity contribution in [1.29, 1.82) is 0 Å². The molecule has 2 aliphatic rings. The van der Waals surface area contributed by atoms with Crippen molar-refractivity contribution >= 4 is 11.5 Å². The van der Waals surface area contributed by atoms with Crippen LogP contribution in [0.5, 0.6) is 5.75 Å². The molecule has 2 aromatic carbocycles. The van der Waals surface area contributed by atoms with Crippen molar-refractivity contribution in [2.75, 3.05) is 0 Å². The van der Waals surface area contributed by atoms with Crippen molar-refractivity contribution in [2.45, 2.75) is 50.9 Å². The van der Waals surface area contributed by atoms with Gasteiger partial charge < -0.3 is 4.74 Å². The predicted octanol–water partition coefficient (Wildman–Crippen LogP) is 8.47. The SMILES string of the molecule is C=CCCc1ccc(OC(=O)c2ccc3c(c2F)C(F)(F)C(F)(F)C2=C(F)C(CCC)CC=C23)c(F)c1. The van der Waals surface area contributed by atoms with E-state index in [0.29, 0.717) is 24.8 Å². The summed E-state index contributed by atoms with van der Waals surface area (Å²) in [5.41, 5.74) is -4.87. The van der Waals surface area contributed by atoms with Gasteiger partial charge in [0, 0.05) is 5.92 Å². The van der Waals surface area contributed by atoms with Gasteiger partial charge in [0.25, 0.3) is 0 Å². The molecule has 2 nitrogen and oxygen atoms in total. The van der Waals surface area contributed by atoms with E-state index >= 15 is 26.3 Å². The van der Waals surface area contributed by atoms with Crippen molar-refractivity contribution < 1.29 is 40.3 Å². The molecule has 37 heavy (non-hydrogen) atoms. The van der Waals surface area contributed by atoms with Crippen LogP contribution < -0.4 is 4.74 Å². The Morgan fingerprint density at radius 3 is 2.49 bits per heavy atom. The highest BCUT2D eigenvalue weighted by atomic mass is 19.3. The zero-order chi connectivity index (χ0) is 27.1. The first-order chi connectivity index (χ1) is 17.4. The van der Waals surface area contributed by atoms with E-state index in [9.17, 15) is 9.18 Å². The van der Waals surface area contributed by atoms with Crippen LogP contribution in [0.1, 0.15) is 59.7 Å². The summed E-state index contributed by atoms with van der Waals surface area (Å²) in [5.74, 6) is -17.6. The molecule has 0 heterocycles. The molecule has 9 heteroatoms. The number of hydrogen-bond acceptors (Lipinski definition) is 2. The number of halogens is 7. The van der Waals surface area contributed by atoms with Crippen LogP contribution in [0.15, 0.2) is 60.5 Å². The van der Waals surface area contributed by atoms with Crippen molar-refractivity contribution in [3.63, 3.8) is 0 Å². The highest BCUT2D eigenvalue weighted by Gasteiger charge is 2.67. The molecule has 0 saturated carbocycles. The molecule has 4 rings (SSSR count). The number of rotatable bonds is 7. The second kappa shape index (κ2) is 9.84. The highest BCUT2D eigenvalue weighted by Crippen LogP contribution is 2.60. The minimum atomic E-state index is -5.17. The lowest BCUT2D eigenvalue weighted by Gasteiger charge is -2.39. The van der Waals surface area contributed by atoms with E-state index in [4.69, 9.17) is 4.74 Å². The molecular formula is C28H23F7O2. The van der Waals surface area contributed by atoms with Crippen LogP contribution in [0.3, 0.4) is 0 Å². The van der Waals surface area contributed by atoms with Gasteiger partial charge >= 0.3 is 17.8 Å². The first-order valence-electron chi connectivity index (χ1n) is 11.8. The van der Waals surface area contributed by atoms with Crippen LogP contribution in [0.4, 0.5) is 30.7 Å². The summed E-state index contributed by atoms with van der Waals surface area (Å²) in [6.07, 6.45) is 4.46. The summed E-state index contributed by atoms with van der Waals surface area (Å²) in [5, 5.41) is 0. The fourth-order valence-corrected chi connectivity index (χ4v) is 4.74. The number of ether oxygens (including phenoxy) is 1. The quantitative estimate of drug-likeness (QED) is 0.157. The molecule has 0 aliphatic heterocycles. The second-order valence-corrected chi connectivity index (χ2v) is 9.04. The van der Waals surface area contributed by atoms with Crippen LogP contribution in [0.25, 0.3) is 5.57 Å². The lowest BCUT2D eigenvalue weighted by atomic mass is 9.72. The summed E-state index contributed by atoms with van der Waals surface area (Å²) in [6, 6.07) is 5.29. The minimum Gasteiger partial charge on any atom is -0.420 e. The molecule has 0 aromatic heterocycles. The molecule has 0 radical (unpaired) electrons. The van der Waals surface area contributed by atoms with Gasteiger partial charge in [-0.15, -0.1) is 6.58 Å². The van der Waals surface area contributed by atoms with Crippen LogP contribution in [0, 0.1) is 17.6 Å². The molecule has 1 atom stereocenters. The summed E-state index contributed by atoms with van der Waals surface area (Å²) in [7, 11) is 0. The van der Waals surface area contributed by atoms with Gasteiger partial charge in [0.1, 0.15) is 11.6 Å². The number of hydrogen-bond donors (Lipinski definition) is 0. The van der Waals surface area contributed by atoms with E-state index in [1.165, 1.54) is 12.1 Å². The Kier molecular flexibility index (Phi) is 7.10. The number of carbonyl (C=O) groups is 1. The highest BCUT2D eigenvalue weighted by molar-refractivity contribution is 5.94. The molecule has 0 saturated heterocycles. The van der Waals surface area contributed by atoms with E-state index in [-0.39, 0.29) is 12.8 Å². The summed E-state index contributed by atoms with van der Waals surface area (Å²) >= 11 is 0. The average molecular weight is 524 g/mol. The van der Waals surface area contributed by atoms with Crippen molar-refractivity contribution in [3.8, 4) is 5.75 Å². The van der Waals surface area contributed by atoms with Crippen LogP contribution in [0.2, 0.25) is 0 Å². The van der Waals surface area contributed by atoms with Gasteiger partial charge in [-0.25, -0.2) is 18.0 Å². The Balaban J connectivity index is 1.75. The second-order valence-electron chi connectivity index (χ2n) is 9.04. The normalized spacial score (nSPS) is 19.6. The number of carbonyl (C=O) groups excluding carboxylic acids is 1. The molecule has 0 fully saturated rings. The monoisotopic (exact) mass is 524 g/mol. The summed E-state index contributed by atoms with van der Waals surface area (Å²) in [4.78, 5) is 12.6. The lowest BCUT2D eigenvalue weighted by Crippen LogP contribution is -2.46. The zero-order valence-electron chi connectivity index (χ0n) is 19.8. The fraction of sp³-hybridized carbons (Fsp3) is 0.321. The maximum absolute atomic E-state index is 15.3. The van der Waals surface area contributed by atoms with Gasteiger partial charge in [-0.05, 0) is 60.6 Å². The molecule has 196 valence electrons. The Labute approximate surface area is 209 Å². The van der Waals surface area contributed by atoms with Crippen molar-refractivity contribution in [3.05, 3.63) is 94.4 Å². The summed E-state index contributed by atoms with van der Waals surface area (Å²) in [6.45, 7) is 5.27. The van der Waals surface area contributed by atoms with Gasteiger partial charge in [-0.2, -0.15) is 17.6 Å². The number of benzene rings is 2. The molecule has 2 aliphatic carbocycles. The third kappa shape index (κ3) is 4.38. The molecule has 0 amide bonds. The third-order valence-corrected chi connectivity index (χ3v) is 6.62. The maximum atomic E-state index is 15.3. The number of fused-ring (bicyclic) bond motifs is 3. The molecule has 0 spiro atoms. The number of aryl methyl sites for hydroxylation is 1. The first-order valence-corrected chi connectivity index (χ1v) is 11.8. The molecule has 0 N–H and O–H groups in total. The lowest BCUT2D eigenvalue weighted by molar-refractivity contribution is -0.196. The van der Waals surface area contributed by atoms with E-state index in [2.05, 4.69) is 6.58 Å². The van der Waals surface area contributed by atoms with Gasteiger partial charge in [0.05, 0.1) is 16.7 Å². The van der Waals surface area contributed by atoms with Crippen LogP contribution in [-0.2, 0) is 12.3 Å². The minimum absolute atomic E-state index is 0.0208.